The van der Waals surface area contributed by atoms with Gasteiger partial charge in [-0.3, -0.25) is 0 Å². The standard InChI is InChI=1S/Fe.H3O4P.Ti/c;1-5(2,3)4;/h;(H3,1,2,3,4);/q+3;;/p-3. The van der Waals surface area contributed by atoms with E-state index in [1.54, 1.807) is 0 Å². The Morgan fingerprint density at radius 2 is 1.14 bits per heavy atom. The minimum atomic E-state index is -5.39. The van der Waals surface area contributed by atoms with Gasteiger partial charge in [-0.25, -0.2) is 0 Å². The van der Waals surface area contributed by atoms with Crippen LogP contribution in [0.4, 0.5) is 0 Å². The summed E-state index contributed by atoms with van der Waals surface area (Å²) in [6.45, 7) is 0. The fourth-order valence-electron chi connectivity index (χ4n) is 0. The molecule has 0 spiro atoms. The zero-order valence-electron chi connectivity index (χ0n) is 2.93. The van der Waals surface area contributed by atoms with Crippen molar-refractivity contribution in [3.63, 3.8) is 0 Å². The molecule has 0 rings (SSSR count). The van der Waals surface area contributed by atoms with Crippen molar-refractivity contribution in [1.29, 1.82) is 0 Å². The Hall–Kier alpha value is 1.34. The molecule has 0 saturated heterocycles. The molecule has 0 unspecified atom stereocenters. The summed E-state index contributed by atoms with van der Waals surface area (Å²) in [7, 11) is -5.39. The second-order valence-electron chi connectivity index (χ2n) is 0.447. The smallest absolute Gasteiger partial charge is 0.822 e. The van der Waals surface area contributed by atoms with E-state index in [2.05, 4.69) is 0 Å². The van der Waals surface area contributed by atoms with Crippen LogP contribution in [0.5, 0.6) is 0 Å². The van der Waals surface area contributed by atoms with Gasteiger partial charge in [0.2, 0.25) is 0 Å². The van der Waals surface area contributed by atoms with Gasteiger partial charge in [0.05, 0.1) is 0 Å². The molecule has 4 nitrogen and oxygen atoms in total. The average molecular weight is 199 g/mol. The van der Waals surface area contributed by atoms with E-state index in [-0.39, 0.29) is 38.8 Å². The molecular weight excluding hydrogens is 199 g/mol. The topological polar surface area (TPSA) is 86.2 Å². The van der Waals surface area contributed by atoms with Gasteiger partial charge >= 0.3 is 17.1 Å². The molecule has 0 fully saturated rings. The summed E-state index contributed by atoms with van der Waals surface area (Å²) < 4.78 is 8.55. The van der Waals surface area contributed by atoms with Crippen molar-refractivity contribution in [2.24, 2.45) is 0 Å². The Morgan fingerprint density at radius 3 is 1.14 bits per heavy atom. The summed E-state index contributed by atoms with van der Waals surface area (Å²) >= 11 is 0. The van der Waals surface area contributed by atoms with Crippen LogP contribution < -0.4 is 14.7 Å². The van der Waals surface area contributed by atoms with Crippen LogP contribution in [0.1, 0.15) is 0 Å². The largest absolute Gasteiger partial charge is 3.00 e. The summed E-state index contributed by atoms with van der Waals surface area (Å²) in [6, 6.07) is 0. The molecule has 41 valence electrons. The second-order valence-corrected chi connectivity index (χ2v) is 1.34. The minimum Gasteiger partial charge on any atom is -0.822 e. The van der Waals surface area contributed by atoms with Crippen molar-refractivity contribution in [2.75, 3.05) is 0 Å². The van der Waals surface area contributed by atoms with Gasteiger partial charge < -0.3 is 19.2 Å². The zero-order chi connectivity index (χ0) is 4.50. The van der Waals surface area contributed by atoms with Crippen molar-refractivity contribution < 1.29 is 58.0 Å². The molecule has 0 aliphatic carbocycles. The zero-order valence-corrected chi connectivity index (χ0v) is 6.49. The molecule has 1 radical (unpaired) electrons. The molecule has 0 aliphatic rings. The molecule has 0 aromatic rings. The molecule has 0 bridgehead atoms. The third-order valence-electron chi connectivity index (χ3n) is 0. The van der Waals surface area contributed by atoms with Crippen molar-refractivity contribution in [3.05, 3.63) is 0 Å². The third-order valence-corrected chi connectivity index (χ3v) is 0. The molecule has 0 aliphatic heterocycles. The van der Waals surface area contributed by atoms with Crippen LogP contribution >= 0.6 is 7.82 Å². The fourth-order valence-corrected chi connectivity index (χ4v) is 0. The quantitative estimate of drug-likeness (QED) is 0.310. The van der Waals surface area contributed by atoms with Crippen LogP contribution in [0.3, 0.4) is 0 Å². The van der Waals surface area contributed by atoms with Crippen molar-refractivity contribution in [3.8, 4) is 0 Å². The fraction of sp³-hybridized carbons (Fsp3) is 0. The predicted octanol–water partition coefficient (Wildman–Crippen LogP) is -2.83. The maximum Gasteiger partial charge on any atom is 3.00 e. The Balaban J connectivity index is -0.0000000800. The van der Waals surface area contributed by atoms with Crippen molar-refractivity contribution >= 4 is 7.82 Å². The van der Waals surface area contributed by atoms with Gasteiger partial charge in [-0.15, -0.1) is 0 Å². The third kappa shape index (κ3) is 116. The summed E-state index contributed by atoms with van der Waals surface area (Å²) in [4.78, 5) is 25.6. The van der Waals surface area contributed by atoms with Crippen molar-refractivity contribution in [2.45, 2.75) is 0 Å². The van der Waals surface area contributed by atoms with Gasteiger partial charge in [-0.1, -0.05) is 0 Å². The monoisotopic (exact) mass is 199 g/mol. The van der Waals surface area contributed by atoms with E-state index in [4.69, 9.17) is 19.2 Å². The first-order chi connectivity index (χ1) is 2.00. The molecule has 0 atom stereocenters. The van der Waals surface area contributed by atoms with Crippen LogP contribution in [0, 0.1) is 0 Å². The SMILES string of the molecule is O=P([O-])([O-])[O-].[Fe+3].[Ti]. The Labute approximate surface area is 65.9 Å². The molecule has 0 aromatic carbocycles. The van der Waals surface area contributed by atoms with E-state index in [1.165, 1.54) is 0 Å². The van der Waals surface area contributed by atoms with Gasteiger partial charge in [-0.05, 0) is 0 Å². The molecule has 0 aromatic heterocycles. The van der Waals surface area contributed by atoms with E-state index in [0.29, 0.717) is 0 Å². The van der Waals surface area contributed by atoms with Crippen molar-refractivity contribution in [1.82, 2.24) is 0 Å². The number of rotatable bonds is 0. The molecule has 0 heterocycles. The Morgan fingerprint density at radius 1 is 1.14 bits per heavy atom. The molecule has 0 amide bonds. The number of hydrogen-bond donors (Lipinski definition) is 0. The molecular formula is FeO4PTi. The normalized spacial score (nSPS) is 8.43. The Bertz CT molecular complexity index is 57.8. The van der Waals surface area contributed by atoms with E-state index in [0.717, 1.165) is 0 Å². The molecule has 7 heteroatoms. The first kappa shape index (κ1) is 15.8. The number of phosphoric acid groups is 1. The van der Waals surface area contributed by atoms with Crippen LogP contribution in [0.2, 0.25) is 0 Å². The van der Waals surface area contributed by atoms with E-state index in [9.17, 15) is 0 Å². The Kier molecular flexibility index (Phi) is 12.3. The average Bonchev–Trinajstić information content (AvgIpc) is 0.722. The summed E-state index contributed by atoms with van der Waals surface area (Å²) in [5.74, 6) is 0. The predicted molar refractivity (Wildman–Crippen MR) is 7.61 cm³/mol. The summed E-state index contributed by atoms with van der Waals surface area (Å²) in [5, 5.41) is 0. The maximum absolute atomic E-state index is 8.55. The van der Waals surface area contributed by atoms with Gasteiger partial charge in [0.25, 0.3) is 0 Å². The van der Waals surface area contributed by atoms with Crippen LogP contribution in [0.15, 0.2) is 0 Å². The molecule has 7 heavy (non-hydrogen) atoms. The van der Waals surface area contributed by atoms with E-state index < -0.39 is 7.82 Å². The van der Waals surface area contributed by atoms with Gasteiger partial charge in [-0.2, -0.15) is 7.82 Å². The maximum atomic E-state index is 8.55. The van der Waals surface area contributed by atoms with Gasteiger partial charge in [0.15, 0.2) is 0 Å². The summed E-state index contributed by atoms with van der Waals surface area (Å²) in [6.07, 6.45) is 0. The molecule has 0 N–H and O–H groups in total. The van der Waals surface area contributed by atoms with Crippen LogP contribution in [0.25, 0.3) is 0 Å². The first-order valence-electron chi connectivity index (χ1n) is 0.730. The van der Waals surface area contributed by atoms with Crippen LogP contribution in [-0.4, -0.2) is 0 Å². The van der Waals surface area contributed by atoms with Gasteiger partial charge in [0.1, 0.15) is 0 Å². The van der Waals surface area contributed by atoms with Crippen LogP contribution in [-0.2, 0) is 43.4 Å². The second kappa shape index (κ2) is 5.48. The van der Waals surface area contributed by atoms with E-state index in [1.807, 2.05) is 0 Å². The molecule has 0 saturated carbocycles. The minimum absolute atomic E-state index is 0. The summed E-state index contributed by atoms with van der Waals surface area (Å²) in [5.41, 5.74) is 0. The van der Waals surface area contributed by atoms with E-state index >= 15 is 0 Å². The number of hydrogen-bond acceptors (Lipinski definition) is 4. The van der Waals surface area contributed by atoms with Gasteiger partial charge in [0, 0.05) is 21.7 Å². The first-order valence-corrected chi connectivity index (χ1v) is 2.19.